The Bertz CT molecular complexity index is 523. The summed E-state index contributed by atoms with van der Waals surface area (Å²) in [6.07, 6.45) is 9.52. The lowest BCUT2D eigenvalue weighted by Gasteiger charge is -2.39. The zero-order valence-corrected chi connectivity index (χ0v) is 11.9. The molecular formula is C16H23N3. The molecule has 1 fully saturated rings. The van der Waals surface area contributed by atoms with Crippen LogP contribution in [0.3, 0.4) is 0 Å². The van der Waals surface area contributed by atoms with E-state index in [-0.39, 0.29) is 0 Å². The van der Waals surface area contributed by atoms with Gasteiger partial charge in [-0.25, -0.2) is 4.98 Å². The second kappa shape index (κ2) is 4.97. The van der Waals surface area contributed by atoms with E-state index in [0.717, 1.165) is 17.9 Å². The molecule has 2 aromatic rings. The molecule has 0 amide bonds. The van der Waals surface area contributed by atoms with E-state index in [2.05, 4.69) is 40.9 Å². The first-order chi connectivity index (χ1) is 9.15. The summed E-state index contributed by atoms with van der Waals surface area (Å²) in [7, 11) is 0. The lowest BCUT2D eigenvalue weighted by molar-refractivity contribution is 0.166. The minimum absolute atomic E-state index is 0.414. The highest BCUT2D eigenvalue weighted by atomic mass is 15.0. The van der Waals surface area contributed by atoms with Gasteiger partial charge >= 0.3 is 0 Å². The Balaban J connectivity index is 1.68. The predicted molar refractivity (Wildman–Crippen MR) is 78.1 cm³/mol. The van der Waals surface area contributed by atoms with Gasteiger partial charge in [0.25, 0.3) is 0 Å². The highest BCUT2D eigenvalue weighted by Crippen LogP contribution is 2.35. The maximum Gasteiger partial charge on any atom is 0.137 e. The third kappa shape index (κ3) is 2.66. The predicted octanol–water partition coefficient (Wildman–Crippen LogP) is 3.39. The fourth-order valence-corrected chi connectivity index (χ4v) is 3.17. The van der Waals surface area contributed by atoms with E-state index in [1.807, 2.05) is 18.2 Å². The second-order valence-corrected chi connectivity index (χ2v) is 6.37. The molecule has 0 spiro atoms. The molecule has 1 N–H and O–H groups in total. The van der Waals surface area contributed by atoms with Crippen LogP contribution in [0.2, 0.25) is 0 Å². The quantitative estimate of drug-likeness (QED) is 0.913. The molecule has 2 heterocycles. The number of hydrogen-bond acceptors (Lipinski definition) is 2. The van der Waals surface area contributed by atoms with Gasteiger partial charge in [-0.2, -0.15) is 0 Å². The maximum absolute atomic E-state index is 4.65. The zero-order chi connectivity index (χ0) is 13.3. The number of nitrogens with zero attached hydrogens (tertiary/aromatic N) is 2. The van der Waals surface area contributed by atoms with E-state index in [9.17, 15) is 0 Å². The van der Waals surface area contributed by atoms with Crippen LogP contribution in [-0.2, 0) is 6.54 Å². The molecule has 0 bridgehead atoms. The molecule has 0 radical (unpaired) electrons. The zero-order valence-electron chi connectivity index (χ0n) is 11.9. The summed E-state index contributed by atoms with van der Waals surface area (Å²) < 4.78 is 2.09. The van der Waals surface area contributed by atoms with Crippen LogP contribution >= 0.6 is 0 Å². The number of aromatic nitrogens is 2. The SMILES string of the molecule is CC1(C)CCCCC1NCc1cn2ccccc2n1. The number of fused-ring (bicyclic) bond motifs is 1. The first-order valence-corrected chi connectivity index (χ1v) is 7.31. The van der Waals surface area contributed by atoms with Crippen molar-refractivity contribution in [3.8, 4) is 0 Å². The van der Waals surface area contributed by atoms with Crippen LogP contribution in [0.5, 0.6) is 0 Å². The fourth-order valence-electron chi connectivity index (χ4n) is 3.17. The molecule has 1 aliphatic rings. The van der Waals surface area contributed by atoms with E-state index in [4.69, 9.17) is 0 Å². The highest BCUT2D eigenvalue weighted by Gasteiger charge is 2.31. The molecule has 1 atom stereocenters. The van der Waals surface area contributed by atoms with E-state index < -0.39 is 0 Å². The molecule has 102 valence electrons. The van der Waals surface area contributed by atoms with Gasteiger partial charge in [-0.15, -0.1) is 0 Å². The molecule has 0 saturated heterocycles. The summed E-state index contributed by atoms with van der Waals surface area (Å²) in [6, 6.07) is 6.74. The van der Waals surface area contributed by atoms with Crippen molar-refractivity contribution in [1.82, 2.24) is 14.7 Å². The summed E-state index contributed by atoms with van der Waals surface area (Å²) in [5.74, 6) is 0. The van der Waals surface area contributed by atoms with Crippen LogP contribution in [0, 0.1) is 5.41 Å². The van der Waals surface area contributed by atoms with Gasteiger partial charge in [-0.1, -0.05) is 32.8 Å². The van der Waals surface area contributed by atoms with Crippen molar-refractivity contribution in [2.75, 3.05) is 0 Å². The largest absolute Gasteiger partial charge is 0.308 e. The Hall–Kier alpha value is -1.35. The number of hydrogen-bond donors (Lipinski definition) is 1. The molecule has 1 aliphatic carbocycles. The Morgan fingerprint density at radius 2 is 2.26 bits per heavy atom. The van der Waals surface area contributed by atoms with Crippen molar-refractivity contribution in [1.29, 1.82) is 0 Å². The molecule has 3 nitrogen and oxygen atoms in total. The van der Waals surface area contributed by atoms with Crippen molar-refractivity contribution < 1.29 is 0 Å². The smallest absolute Gasteiger partial charge is 0.137 e. The summed E-state index contributed by atoms with van der Waals surface area (Å²) in [6.45, 7) is 5.64. The average Bonchev–Trinajstić information content (AvgIpc) is 2.79. The third-order valence-corrected chi connectivity index (χ3v) is 4.45. The number of imidazole rings is 1. The minimum atomic E-state index is 0.414. The molecule has 0 aliphatic heterocycles. The van der Waals surface area contributed by atoms with Crippen LogP contribution in [0.4, 0.5) is 0 Å². The van der Waals surface area contributed by atoms with Crippen molar-refractivity contribution in [2.45, 2.75) is 52.1 Å². The Morgan fingerprint density at radius 3 is 3.05 bits per heavy atom. The van der Waals surface area contributed by atoms with Gasteiger partial charge < -0.3 is 9.72 Å². The van der Waals surface area contributed by atoms with Gasteiger partial charge in [0, 0.05) is 25.0 Å². The van der Waals surface area contributed by atoms with Crippen molar-refractivity contribution in [3.63, 3.8) is 0 Å². The van der Waals surface area contributed by atoms with Gasteiger partial charge in [0.05, 0.1) is 5.69 Å². The van der Waals surface area contributed by atoms with E-state index in [1.54, 1.807) is 0 Å². The molecule has 1 saturated carbocycles. The molecule has 3 rings (SSSR count). The van der Waals surface area contributed by atoms with Crippen LogP contribution < -0.4 is 5.32 Å². The summed E-state index contributed by atoms with van der Waals surface area (Å²) in [5.41, 5.74) is 2.58. The Labute approximate surface area is 115 Å². The van der Waals surface area contributed by atoms with Gasteiger partial charge in [-0.05, 0) is 30.4 Å². The van der Waals surface area contributed by atoms with Crippen molar-refractivity contribution in [2.24, 2.45) is 5.41 Å². The molecule has 19 heavy (non-hydrogen) atoms. The maximum atomic E-state index is 4.65. The molecular weight excluding hydrogens is 234 g/mol. The van der Waals surface area contributed by atoms with Crippen molar-refractivity contribution in [3.05, 3.63) is 36.3 Å². The lowest BCUT2D eigenvalue weighted by Crippen LogP contribution is -2.43. The topological polar surface area (TPSA) is 29.3 Å². The minimum Gasteiger partial charge on any atom is -0.308 e. The third-order valence-electron chi connectivity index (χ3n) is 4.45. The normalized spacial score (nSPS) is 22.7. The van der Waals surface area contributed by atoms with E-state index >= 15 is 0 Å². The van der Waals surface area contributed by atoms with Crippen LogP contribution in [0.1, 0.15) is 45.2 Å². The Kier molecular flexibility index (Phi) is 3.31. The highest BCUT2D eigenvalue weighted by molar-refractivity contribution is 5.39. The summed E-state index contributed by atoms with van der Waals surface area (Å²) in [4.78, 5) is 4.65. The number of nitrogens with one attached hydrogen (secondary N) is 1. The summed E-state index contributed by atoms with van der Waals surface area (Å²) >= 11 is 0. The standard InChI is InChI=1S/C16H23N3/c1-16(2)9-5-3-7-14(16)17-11-13-12-19-10-6-4-8-15(19)18-13/h4,6,8,10,12,14,17H,3,5,7,9,11H2,1-2H3. The first-order valence-electron chi connectivity index (χ1n) is 7.31. The van der Waals surface area contributed by atoms with Gasteiger partial charge in [0.15, 0.2) is 0 Å². The molecule has 0 aromatic carbocycles. The molecule has 2 aromatic heterocycles. The van der Waals surface area contributed by atoms with Crippen LogP contribution in [0.15, 0.2) is 30.6 Å². The summed E-state index contributed by atoms with van der Waals surface area (Å²) in [5, 5.41) is 3.71. The van der Waals surface area contributed by atoms with Gasteiger partial charge in [0.2, 0.25) is 0 Å². The van der Waals surface area contributed by atoms with Crippen molar-refractivity contribution >= 4 is 5.65 Å². The van der Waals surface area contributed by atoms with Crippen LogP contribution in [-0.4, -0.2) is 15.4 Å². The van der Waals surface area contributed by atoms with E-state index in [1.165, 1.54) is 25.7 Å². The fraction of sp³-hybridized carbons (Fsp3) is 0.562. The van der Waals surface area contributed by atoms with Crippen LogP contribution in [0.25, 0.3) is 5.65 Å². The van der Waals surface area contributed by atoms with Gasteiger partial charge in [0.1, 0.15) is 5.65 Å². The van der Waals surface area contributed by atoms with Gasteiger partial charge in [-0.3, -0.25) is 0 Å². The lowest BCUT2D eigenvalue weighted by atomic mass is 9.73. The number of rotatable bonds is 3. The second-order valence-electron chi connectivity index (χ2n) is 6.37. The number of pyridine rings is 1. The Morgan fingerprint density at radius 1 is 1.37 bits per heavy atom. The average molecular weight is 257 g/mol. The van der Waals surface area contributed by atoms with E-state index in [0.29, 0.717) is 11.5 Å². The molecule has 3 heteroatoms. The first kappa shape index (κ1) is 12.7. The molecule has 1 unspecified atom stereocenters. The monoisotopic (exact) mass is 257 g/mol.